The van der Waals surface area contributed by atoms with E-state index < -0.39 is 0 Å². The zero-order valence-electron chi connectivity index (χ0n) is 19.7. The third-order valence-electron chi connectivity index (χ3n) is 6.15. The number of carbonyl (C=O) groups excluding carboxylic acids is 1. The van der Waals surface area contributed by atoms with Gasteiger partial charge in [-0.25, -0.2) is 14.6 Å². The van der Waals surface area contributed by atoms with Crippen molar-refractivity contribution in [3.05, 3.63) is 6.20 Å². The molecule has 1 amide bonds. The lowest BCUT2D eigenvalue weighted by atomic mass is 9.79. The first-order chi connectivity index (χ1) is 15.7. The van der Waals surface area contributed by atoms with E-state index >= 15 is 0 Å². The highest BCUT2D eigenvalue weighted by Crippen LogP contribution is 2.32. The standard InChI is InChI=1S/C23H38N6O2S/c1-4-6-7-17-8-10-18(11-9-17)22(30)25-12-14-29-21-19(16-26-29)20(24-13-15-31-3)27-23(28-21)32-5-2/h16-18H,4-15H2,1-3H3,(H,25,30)(H,24,27,28). The monoisotopic (exact) mass is 462 g/mol. The van der Waals surface area contributed by atoms with Gasteiger partial charge in [-0.1, -0.05) is 44.9 Å². The van der Waals surface area contributed by atoms with Crippen LogP contribution in [0.3, 0.4) is 0 Å². The van der Waals surface area contributed by atoms with E-state index in [1.807, 2.05) is 4.68 Å². The van der Waals surface area contributed by atoms with Crippen molar-refractivity contribution < 1.29 is 9.53 Å². The molecule has 0 unspecified atom stereocenters. The van der Waals surface area contributed by atoms with Gasteiger partial charge in [-0.15, -0.1) is 0 Å². The number of hydrogen-bond donors (Lipinski definition) is 2. The van der Waals surface area contributed by atoms with Crippen LogP contribution < -0.4 is 10.6 Å². The number of thioether (sulfide) groups is 1. The van der Waals surface area contributed by atoms with Gasteiger partial charge in [-0.2, -0.15) is 5.10 Å². The van der Waals surface area contributed by atoms with Gasteiger partial charge in [0.15, 0.2) is 10.8 Å². The lowest BCUT2D eigenvalue weighted by Crippen LogP contribution is -2.35. The maximum Gasteiger partial charge on any atom is 0.223 e. The quantitative estimate of drug-likeness (QED) is 0.263. The summed E-state index contributed by atoms with van der Waals surface area (Å²) < 4.78 is 7.00. The molecule has 32 heavy (non-hydrogen) atoms. The summed E-state index contributed by atoms with van der Waals surface area (Å²) in [6.07, 6.45) is 10.1. The molecule has 0 bridgehead atoms. The van der Waals surface area contributed by atoms with Crippen molar-refractivity contribution in [1.82, 2.24) is 25.1 Å². The second-order valence-electron chi connectivity index (χ2n) is 8.46. The number of nitrogens with one attached hydrogen (secondary N) is 2. The summed E-state index contributed by atoms with van der Waals surface area (Å²) >= 11 is 1.60. The first-order valence-electron chi connectivity index (χ1n) is 12.0. The Morgan fingerprint density at radius 3 is 2.75 bits per heavy atom. The van der Waals surface area contributed by atoms with Gasteiger partial charge in [0.25, 0.3) is 0 Å². The number of aromatic nitrogens is 4. The molecule has 1 aliphatic rings. The maximum absolute atomic E-state index is 12.7. The van der Waals surface area contributed by atoms with Gasteiger partial charge in [0, 0.05) is 26.1 Å². The molecule has 1 aliphatic carbocycles. The summed E-state index contributed by atoms with van der Waals surface area (Å²) in [6, 6.07) is 0. The second kappa shape index (κ2) is 13.0. The normalized spacial score (nSPS) is 18.7. The summed E-state index contributed by atoms with van der Waals surface area (Å²) in [5.74, 6) is 2.84. The average molecular weight is 463 g/mol. The number of fused-ring (bicyclic) bond motifs is 1. The van der Waals surface area contributed by atoms with Gasteiger partial charge in [-0.3, -0.25) is 4.79 Å². The zero-order valence-corrected chi connectivity index (χ0v) is 20.5. The van der Waals surface area contributed by atoms with Crippen molar-refractivity contribution in [2.75, 3.05) is 37.9 Å². The van der Waals surface area contributed by atoms with Crippen LogP contribution in [0.15, 0.2) is 11.4 Å². The smallest absolute Gasteiger partial charge is 0.223 e. The van der Waals surface area contributed by atoms with Crippen LogP contribution in [0.2, 0.25) is 0 Å². The molecular weight excluding hydrogens is 424 g/mol. The summed E-state index contributed by atoms with van der Waals surface area (Å²) in [5.41, 5.74) is 0.793. The van der Waals surface area contributed by atoms with Crippen molar-refractivity contribution in [2.24, 2.45) is 11.8 Å². The highest BCUT2D eigenvalue weighted by atomic mass is 32.2. The third-order valence-corrected chi connectivity index (χ3v) is 6.88. The van der Waals surface area contributed by atoms with Crippen LogP contribution in [0.1, 0.15) is 58.8 Å². The number of methoxy groups -OCH3 is 1. The van der Waals surface area contributed by atoms with Crippen molar-refractivity contribution in [2.45, 2.75) is 70.5 Å². The predicted octanol–water partition coefficient (Wildman–Crippen LogP) is 4.11. The molecule has 0 aromatic carbocycles. The highest BCUT2D eigenvalue weighted by Gasteiger charge is 2.25. The minimum atomic E-state index is 0.161. The van der Waals surface area contributed by atoms with E-state index in [1.54, 1.807) is 25.1 Å². The molecule has 2 aromatic heterocycles. The van der Waals surface area contributed by atoms with E-state index in [0.29, 0.717) is 26.2 Å². The first kappa shape index (κ1) is 24.8. The molecule has 0 saturated heterocycles. The molecule has 3 rings (SSSR count). The van der Waals surface area contributed by atoms with Gasteiger partial charge >= 0.3 is 0 Å². The summed E-state index contributed by atoms with van der Waals surface area (Å²) in [7, 11) is 1.68. The Labute approximate surface area is 195 Å². The van der Waals surface area contributed by atoms with Gasteiger partial charge in [0.1, 0.15) is 5.82 Å². The van der Waals surface area contributed by atoms with Crippen molar-refractivity contribution in [3.63, 3.8) is 0 Å². The first-order valence-corrected chi connectivity index (χ1v) is 13.0. The number of hydrogen-bond acceptors (Lipinski definition) is 7. The van der Waals surface area contributed by atoms with Crippen molar-refractivity contribution in [3.8, 4) is 0 Å². The number of nitrogens with zero attached hydrogens (tertiary/aromatic N) is 4. The fraction of sp³-hybridized carbons (Fsp3) is 0.739. The van der Waals surface area contributed by atoms with E-state index in [1.165, 1.54) is 32.1 Å². The lowest BCUT2D eigenvalue weighted by molar-refractivity contribution is -0.126. The molecule has 2 N–H and O–H groups in total. The number of anilines is 1. The van der Waals surface area contributed by atoms with Gasteiger partial charge in [-0.05, 0) is 37.4 Å². The van der Waals surface area contributed by atoms with Crippen LogP contribution in [-0.4, -0.2) is 58.2 Å². The van der Waals surface area contributed by atoms with E-state index in [0.717, 1.165) is 46.5 Å². The second-order valence-corrected chi connectivity index (χ2v) is 9.69. The number of rotatable bonds is 13. The van der Waals surface area contributed by atoms with Crippen LogP contribution in [0, 0.1) is 11.8 Å². The molecular formula is C23H38N6O2S. The summed E-state index contributed by atoms with van der Waals surface area (Å²) in [4.78, 5) is 22.0. The molecule has 0 aliphatic heterocycles. The van der Waals surface area contributed by atoms with E-state index in [9.17, 15) is 4.79 Å². The van der Waals surface area contributed by atoms with Crippen molar-refractivity contribution in [1.29, 1.82) is 0 Å². The Hall–Kier alpha value is -1.87. The van der Waals surface area contributed by atoms with E-state index in [-0.39, 0.29) is 11.8 Å². The molecule has 8 nitrogen and oxygen atoms in total. The van der Waals surface area contributed by atoms with Crippen LogP contribution in [0.4, 0.5) is 5.82 Å². The minimum Gasteiger partial charge on any atom is -0.383 e. The number of ether oxygens (including phenoxy) is 1. The Morgan fingerprint density at radius 1 is 1.22 bits per heavy atom. The topological polar surface area (TPSA) is 94.0 Å². The van der Waals surface area contributed by atoms with Gasteiger partial charge in [0.2, 0.25) is 5.91 Å². The summed E-state index contributed by atoms with van der Waals surface area (Å²) in [6.45, 7) is 6.74. The molecule has 9 heteroatoms. The fourth-order valence-corrected chi connectivity index (χ4v) is 4.90. The van der Waals surface area contributed by atoms with E-state index in [2.05, 4.69) is 34.6 Å². The summed E-state index contributed by atoms with van der Waals surface area (Å²) in [5, 5.41) is 12.6. The molecule has 0 spiro atoms. The largest absolute Gasteiger partial charge is 0.383 e. The van der Waals surface area contributed by atoms with Crippen LogP contribution in [-0.2, 0) is 16.1 Å². The number of amides is 1. The highest BCUT2D eigenvalue weighted by molar-refractivity contribution is 7.99. The Kier molecular flexibility index (Phi) is 10.1. The molecule has 178 valence electrons. The SMILES string of the molecule is CCCCC1CCC(C(=O)NCCn2ncc3c(NCCOC)nc(SCC)nc32)CC1. The number of unbranched alkanes of at least 4 members (excludes halogenated alkanes) is 1. The van der Waals surface area contributed by atoms with Gasteiger partial charge in [0.05, 0.1) is 24.7 Å². The number of carbonyl (C=O) groups is 1. The van der Waals surface area contributed by atoms with Gasteiger partial charge < -0.3 is 15.4 Å². The van der Waals surface area contributed by atoms with Crippen LogP contribution in [0.5, 0.6) is 0 Å². The molecule has 0 radical (unpaired) electrons. The lowest BCUT2D eigenvalue weighted by Gasteiger charge is -2.27. The predicted molar refractivity (Wildman–Crippen MR) is 130 cm³/mol. The Bertz CT molecular complexity index is 850. The molecule has 2 aromatic rings. The van der Waals surface area contributed by atoms with E-state index in [4.69, 9.17) is 9.72 Å². The molecule has 1 saturated carbocycles. The fourth-order valence-electron chi connectivity index (χ4n) is 4.33. The van der Waals surface area contributed by atoms with Crippen LogP contribution in [0.25, 0.3) is 11.0 Å². The zero-order chi connectivity index (χ0) is 22.8. The van der Waals surface area contributed by atoms with Crippen LogP contribution >= 0.6 is 11.8 Å². The average Bonchev–Trinajstić information content (AvgIpc) is 3.21. The third kappa shape index (κ3) is 6.81. The Balaban J connectivity index is 1.56. The maximum atomic E-state index is 12.7. The van der Waals surface area contributed by atoms with Crippen molar-refractivity contribution >= 4 is 34.5 Å². The minimum absolute atomic E-state index is 0.161. The molecule has 2 heterocycles. The Morgan fingerprint density at radius 2 is 2.03 bits per heavy atom. The molecule has 1 fully saturated rings. The molecule has 0 atom stereocenters.